The molecule has 16 heavy (non-hydrogen) atoms. The van der Waals surface area contributed by atoms with Gasteiger partial charge in [-0.25, -0.2) is 0 Å². The third-order valence-electron chi connectivity index (χ3n) is 3.28. The van der Waals surface area contributed by atoms with Gasteiger partial charge in [-0.2, -0.15) is 0 Å². The molecule has 0 spiro atoms. The van der Waals surface area contributed by atoms with Gasteiger partial charge in [0.1, 0.15) is 6.29 Å². The van der Waals surface area contributed by atoms with Crippen LogP contribution in [0.2, 0.25) is 0 Å². The van der Waals surface area contributed by atoms with Gasteiger partial charge in [-0.3, -0.25) is 4.79 Å². The Kier molecular flexibility index (Phi) is 3.04. The summed E-state index contributed by atoms with van der Waals surface area (Å²) in [5.41, 5.74) is 2.41. The van der Waals surface area contributed by atoms with E-state index in [-0.39, 0.29) is 18.3 Å². The van der Waals surface area contributed by atoms with Crippen LogP contribution >= 0.6 is 0 Å². The normalized spacial score (nSPS) is 20.1. The van der Waals surface area contributed by atoms with E-state index in [4.69, 9.17) is 5.11 Å². The Balaban J connectivity index is 2.22. The average molecular weight is 218 g/mol. The highest BCUT2D eigenvalue weighted by Gasteiger charge is 2.30. The Bertz CT molecular complexity index is 411. The molecule has 0 bridgehead atoms. The van der Waals surface area contributed by atoms with E-state index >= 15 is 0 Å². The number of aryl methyl sites for hydroxylation is 1. The number of hydrogen-bond donors (Lipinski definition) is 1. The molecule has 3 heteroatoms. The molecule has 0 radical (unpaired) electrons. The molecular weight excluding hydrogens is 204 g/mol. The first-order valence-electron chi connectivity index (χ1n) is 5.47. The number of fused-ring (bicyclic) bond motifs is 1. The van der Waals surface area contributed by atoms with Crippen molar-refractivity contribution in [2.75, 3.05) is 0 Å². The van der Waals surface area contributed by atoms with Gasteiger partial charge in [0.2, 0.25) is 0 Å². The molecule has 1 aromatic carbocycles. The predicted octanol–water partition coefficient (Wildman–Crippen LogP) is 2.01. The van der Waals surface area contributed by atoms with Gasteiger partial charge in [0.05, 0.1) is 6.42 Å². The lowest BCUT2D eigenvalue weighted by Gasteiger charge is -2.17. The van der Waals surface area contributed by atoms with Crippen LogP contribution in [0.15, 0.2) is 24.3 Å². The number of aliphatic carboxylic acids is 1. The van der Waals surface area contributed by atoms with E-state index in [1.807, 2.05) is 18.2 Å². The predicted molar refractivity (Wildman–Crippen MR) is 59.3 cm³/mol. The third kappa shape index (κ3) is 1.98. The van der Waals surface area contributed by atoms with Crippen molar-refractivity contribution in [2.24, 2.45) is 5.92 Å². The highest BCUT2D eigenvalue weighted by Crippen LogP contribution is 2.38. The Morgan fingerprint density at radius 1 is 1.50 bits per heavy atom. The number of carboxylic acids is 1. The summed E-state index contributed by atoms with van der Waals surface area (Å²) in [6.07, 6.45) is 2.56. The number of rotatable bonds is 4. The zero-order chi connectivity index (χ0) is 11.5. The molecule has 0 fully saturated rings. The van der Waals surface area contributed by atoms with Crippen molar-refractivity contribution in [3.63, 3.8) is 0 Å². The van der Waals surface area contributed by atoms with Crippen molar-refractivity contribution in [1.29, 1.82) is 0 Å². The summed E-state index contributed by atoms with van der Waals surface area (Å²) in [5.74, 6) is -1.20. The molecule has 3 nitrogen and oxygen atoms in total. The second kappa shape index (κ2) is 4.47. The first-order chi connectivity index (χ1) is 7.72. The lowest BCUT2D eigenvalue weighted by Crippen LogP contribution is -2.16. The van der Waals surface area contributed by atoms with Crippen LogP contribution in [-0.4, -0.2) is 17.4 Å². The Morgan fingerprint density at radius 3 is 2.94 bits per heavy atom. The minimum atomic E-state index is -0.901. The van der Waals surface area contributed by atoms with Crippen molar-refractivity contribution in [2.45, 2.75) is 25.2 Å². The van der Waals surface area contributed by atoms with Crippen molar-refractivity contribution in [1.82, 2.24) is 0 Å². The van der Waals surface area contributed by atoms with Gasteiger partial charge in [-0.1, -0.05) is 24.3 Å². The van der Waals surface area contributed by atoms with E-state index in [9.17, 15) is 9.59 Å². The van der Waals surface area contributed by atoms with Gasteiger partial charge >= 0.3 is 5.97 Å². The maximum atomic E-state index is 11.0. The summed E-state index contributed by atoms with van der Waals surface area (Å²) in [5, 5.41) is 8.76. The Hall–Kier alpha value is -1.64. The van der Waals surface area contributed by atoms with Crippen molar-refractivity contribution in [3.8, 4) is 0 Å². The van der Waals surface area contributed by atoms with Crippen LogP contribution in [0.3, 0.4) is 0 Å². The fourth-order valence-corrected chi connectivity index (χ4v) is 2.52. The molecule has 84 valence electrons. The lowest BCUT2D eigenvalue weighted by atomic mass is 9.86. The van der Waals surface area contributed by atoms with Crippen LogP contribution in [0.4, 0.5) is 0 Å². The number of benzene rings is 1. The van der Waals surface area contributed by atoms with E-state index in [1.165, 1.54) is 5.56 Å². The van der Waals surface area contributed by atoms with Crippen LogP contribution in [0, 0.1) is 5.92 Å². The highest BCUT2D eigenvalue weighted by atomic mass is 16.4. The average Bonchev–Trinajstić information content (AvgIpc) is 2.69. The molecule has 1 N–H and O–H groups in total. The molecule has 0 amide bonds. The van der Waals surface area contributed by atoms with Crippen molar-refractivity contribution in [3.05, 3.63) is 35.4 Å². The van der Waals surface area contributed by atoms with E-state index in [1.54, 1.807) is 0 Å². The van der Waals surface area contributed by atoms with Gasteiger partial charge < -0.3 is 9.90 Å². The summed E-state index contributed by atoms with van der Waals surface area (Å²) < 4.78 is 0. The van der Waals surface area contributed by atoms with E-state index < -0.39 is 5.97 Å². The molecule has 1 aromatic rings. The molecular formula is C13H14O3. The SMILES string of the molecule is O=CC(CC(=O)O)[C@@H]1CCc2ccccc21. The lowest BCUT2D eigenvalue weighted by molar-refractivity contribution is -0.139. The van der Waals surface area contributed by atoms with E-state index in [0.717, 1.165) is 24.7 Å². The number of hydrogen-bond acceptors (Lipinski definition) is 2. The van der Waals surface area contributed by atoms with Crippen LogP contribution < -0.4 is 0 Å². The minimum Gasteiger partial charge on any atom is -0.481 e. The number of carbonyl (C=O) groups is 2. The fourth-order valence-electron chi connectivity index (χ4n) is 2.52. The zero-order valence-electron chi connectivity index (χ0n) is 8.93. The molecule has 2 rings (SSSR count). The molecule has 1 aliphatic carbocycles. The molecule has 0 heterocycles. The molecule has 0 saturated heterocycles. The maximum absolute atomic E-state index is 11.0. The van der Waals surface area contributed by atoms with Gasteiger partial charge in [-0.05, 0) is 29.9 Å². The molecule has 1 aliphatic rings. The summed E-state index contributed by atoms with van der Waals surface area (Å²) in [7, 11) is 0. The first kappa shape index (κ1) is 10.9. The monoisotopic (exact) mass is 218 g/mol. The zero-order valence-corrected chi connectivity index (χ0v) is 8.93. The summed E-state index contributed by atoms with van der Waals surface area (Å²) >= 11 is 0. The summed E-state index contributed by atoms with van der Waals surface area (Å²) in [6.45, 7) is 0. The van der Waals surface area contributed by atoms with E-state index in [0.29, 0.717) is 0 Å². The standard InChI is InChI=1S/C13H14O3/c14-8-10(7-13(15)16)12-6-5-9-3-1-2-4-11(9)12/h1-4,8,10,12H,5-7H2,(H,15,16)/t10?,12-/m0/s1. The van der Waals surface area contributed by atoms with Gasteiger partial charge in [0.25, 0.3) is 0 Å². The number of aldehydes is 1. The molecule has 2 atom stereocenters. The maximum Gasteiger partial charge on any atom is 0.304 e. The second-order valence-electron chi connectivity index (χ2n) is 4.24. The number of carbonyl (C=O) groups excluding carboxylic acids is 1. The Labute approximate surface area is 94.1 Å². The first-order valence-corrected chi connectivity index (χ1v) is 5.47. The van der Waals surface area contributed by atoms with Crippen molar-refractivity contribution >= 4 is 12.3 Å². The van der Waals surface area contributed by atoms with Crippen LogP contribution in [0.1, 0.15) is 29.9 Å². The largest absolute Gasteiger partial charge is 0.481 e. The number of carboxylic acid groups (broad SMARTS) is 1. The topological polar surface area (TPSA) is 54.4 Å². The summed E-state index contributed by atoms with van der Waals surface area (Å²) in [4.78, 5) is 21.7. The quantitative estimate of drug-likeness (QED) is 0.786. The second-order valence-corrected chi connectivity index (χ2v) is 4.24. The smallest absolute Gasteiger partial charge is 0.304 e. The Morgan fingerprint density at radius 2 is 2.25 bits per heavy atom. The molecule has 1 unspecified atom stereocenters. The van der Waals surface area contributed by atoms with E-state index in [2.05, 4.69) is 6.07 Å². The molecule has 0 aromatic heterocycles. The minimum absolute atomic E-state index is 0.0670. The molecule has 0 saturated carbocycles. The van der Waals surface area contributed by atoms with Gasteiger partial charge in [0.15, 0.2) is 0 Å². The van der Waals surface area contributed by atoms with Gasteiger partial charge in [0, 0.05) is 5.92 Å². The summed E-state index contributed by atoms with van der Waals surface area (Å²) in [6, 6.07) is 7.98. The fraction of sp³-hybridized carbons (Fsp3) is 0.385. The van der Waals surface area contributed by atoms with Crippen molar-refractivity contribution < 1.29 is 14.7 Å². The third-order valence-corrected chi connectivity index (χ3v) is 3.28. The highest BCUT2D eigenvalue weighted by molar-refractivity contribution is 5.72. The van der Waals surface area contributed by atoms with Crippen LogP contribution in [0.5, 0.6) is 0 Å². The molecule has 0 aliphatic heterocycles. The van der Waals surface area contributed by atoms with Crippen LogP contribution in [-0.2, 0) is 16.0 Å². The van der Waals surface area contributed by atoms with Gasteiger partial charge in [-0.15, -0.1) is 0 Å². The van der Waals surface area contributed by atoms with Crippen LogP contribution in [0.25, 0.3) is 0 Å².